The Kier molecular flexibility index (Phi) is 4.04. The molecule has 19 heavy (non-hydrogen) atoms. The molecule has 0 saturated heterocycles. The molecule has 5 nitrogen and oxygen atoms in total. The number of carbonyl (C=O) groups excluding carboxylic acids is 1. The second-order valence-corrected chi connectivity index (χ2v) is 4.48. The standard InChI is InChI=1S/C14H18N2O3/c1-10-8-16(14(17)7-15-10)9-11-4-5-12(18-2)6-13(11)19-3/h4-6H,7-9H2,1-3H3. The van der Waals surface area contributed by atoms with Gasteiger partial charge in [-0.1, -0.05) is 0 Å². The third-order valence-corrected chi connectivity index (χ3v) is 3.11. The van der Waals surface area contributed by atoms with Crippen LogP contribution in [0.5, 0.6) is 11.5 Å². The molecule has 102 valence electrons. The molecule has 1 aliphatic heterocycles. The highest BCUT2D eigenvalue weighted by atomic mass is 16.5. The number of aliphatic imine (C=N–C) groups is 1. The molecule has 0 unspecified atom stereocenters. The minimum atomic E-state index is 0.0449. The van der Waals surface area contributed by atoms with Gasteiger partial charge in [-0.05, 0) is 19.1 Å². The number of amides is 1. The largest absolute Gasteiger partial charge is 0.497 e. The van der Waals surface area contributed by atoms with Crippen molar-refractivity contribution in [1.82, 2.24) is 4.90 Å². The van der Waals surface area contributed by atoms with E-state index in [1.165, 1.54) is 0 Å². The number of hydrogen-bond donors (Lipinski definition) is 0. The predicted molar refractivity (Wildman–Crippen MR) is 72.9 cm³/mol. The third-order valence-electron chi connectivity index (χ3n) is 3.11. The molecule has 1 aromatic rings. The van der Waals surface area contributed by atoms with Crippen LogP contribution < -0.4 is 9.47 Å². The van der Waals surface area contributed by atoms with Gasteiger partial charge in [0, 0.05) is 23.9 Å². The lowest BCUT2D eigenvalue weighted by molar-refractivity contribution is -0.129. The normalized spacial score (nSPS) is 15.2. The fourth-order valence-electron chi connectivity index (χ4n) is 2.05. The van der Waals surface area contributed by atoms with Crippen LogP contribution in [0.25, 0.3) is 0 Å². The summed E-state index contributed by atoms with van der Waals surface area (Å²) in [5.41, 5.74) is 1.94. The van der Waals surface area contributed by atoms with Crippen molar-refractivity contribution in [2.45, 2.75) is 13.5 Å². The van der Waals surface area contributed by atoms with Crippen LogP contribution in [0.4, 0.5) is 0 Å². The molecule has 0 spiro atoms. The number of ether oxygens (including phenoxy) is 2. The van der Waals surface area contributed by atoms with Crippen molar-refractivity contribution >= 4 is 11.6 Å². The van der Waals surface area contributed by atoms with Gasteiger partial charge in [-0.25, -0.2) is 0 Å². The van der Waals surface area contributed by atoms with E-state index < -0.39 is 0 Å². The average molecular weight is 262 g/mol. The van der Waals surface area contributed by atoms with Crippen LogP contribution in [0, 0.1) is 0 Å². The molecular formula is C14H18N2O3. The molecule has 0 aliphatic carbocycles. The van der Waals surface area contributed by atoms with Crippen LogP contribution in [0.3, 0.4) is 0 Å². The SMILES string of the molecule is COc1ccc(CN2CC(C)=NCC2=O)c(OC)c1. The van der Waals surface area contributed by atoms with Crippen LogP contribution in [-0.2, 0) is 11.3 Å². The van der Waals surface area contributed by atoms with E-state index in [4.69, 9.17) is 9.47 Å². The van der Waals surface area contributed by atoms with Crippen molar-refractivity contribution in [2.75, 3.05) is 27.3 Å². The Hall–Kier alpha value is -2.04. The minimum Gasteiger partial charge on any atom is -0.497 e. The van der Waals surface area contributed by atoms with Gasteiger partial charge in [0.15, 0.2) is 0 Å². The van der Waals surface area contributed by atoms with E-state index in [1.54, 1.807) is 19.1 Å². The summed E-state index contributed by atoms with van der Waals surface area (Å²) < 4.78 is 10.5. The lowest BCUT2D eigenvalue weighted by atomic mass is 10.1. The summed E-state index contributed by atoms with van der Waals surface area (Å²) in [4.78, 5) is 17.8. The summed E-state index contributed by atoms with van der Waals surface area (Å²) in [5, 5.41) is 0. The molecule has 0 atom stereocenters. The third kappa shape index (κ3) is 3.05. The van der Waals surface area contributed by atoms with Crippen LogP contribution in [0.1, 0.15) is 12.5 Å². The van der Waals surface area contributed by atoms with Gasteiger partial charge < -0.3 is 14.4 Å². The van der Waals surface area contributed by atoms with Gasteiger partial charge in [-0.2, -0.15) is 0 Å². The Labute approximate surface area is 112 Å². The van der Waals surface area contributed by atoms with E-state index in [9.17, 15) is 4.79 Å². The van der Waals surface area contributed by atoms with Crippen LogP contribution in [-0.4, -0.2) is 43.8 Å². The molecular weight excluding hydrogens is 244 g/mol. The van der Waals surface area contributed by atoms with Crippen molar-refractivity contribution in [3.05, 3.63) is 23.8 Å². The second-order valence-electron chi connectivity index (χ2n) is 4.48. The van der Waals surface area contributed by atoms with Crippen LogP contribution in [0.15, 0.2) is 23.2 Å². The minimum absolute atomic E-state index is 0.0449. The highest BCUT2D eigenvalue weighted by molar-refractivity contribution is 5.93. The molecule has 1 heterocycles. The number of methoxy groups -OCH3 is 2. The molecule has 0 radical (unpaired) electrons. The van der Waals surface area contributed by atoms with Gasteiger partial charge in [-0.15, -0.1) is 0 Å². The summed E-state index contributed by atoms with van der Waals surface area (Å²) in [5.74, 6) is 1.51. The molecule has 1 aromatic carbocycles. The van der Waals surface area contributed by atoms with Gasteiger partial charge in [0.2, 0.25) is 5.91 Å². The second kappa shape index (κ2) is 5.73. The summed E-state index contributed by atoms with van der Waals surface area (Å²) in [6.07, 6.45) is 0. The number of carbonyl (C=O) groups is 1. The topological polar surface area (TPSA) is 51.1 Å². The van der Waals surface area contributed by atoms with Gasteiger partial charge in [0.1, 0.15) is 18.0 Å². The molecule has 5 heteroatoms. The van der Waals surface area contributed by atoms with Crippen LogP contribution >= 0.6 is 0 Å². The first-order valence-corrected chi connectivity index (χ1v) is 6.12. The summed E-state index contributed by atoms with van der Waals surface area (Å²) in [6, 6.07) is 5.62. The summed E-state index contributed by atoms with van der Waals surface area (Å²) >= 11 is 0. The lowest BCUT2D eigenvalue weighted by Crippen LogP contribution is -2.39. The van der Waals surface area contributed by atoms with E-state index >= 15 is 0 Å². The number of benzene rings is 1. The molecule has 1 aliphatic rings. The van der Waals surface area contributed by atoms with E-state index in [0.717, 1.165) is 22.8 Å². The zero-order chi connectivity index (χ0) is 13.8. The molecule has 0 aromatic heterocycles. The highest BCUT2D eigenvalue weighted by Crippen LogP contribution is 2.26. The molecule has 1 amide bonds. The number of rotatable bonds is 4. The first-order valence-electron chi connectivity index (χ1n) is 6.12. The highest BCUT2D eigenvalue weighted by Gasteiger charge is 2.20. The fourth-order valence-corrected chi connectivity index (χ4v) is 2.05. The molecule has 0 bridgehead atoms. The fraction of sp³-hybridized carbons (Fsp3) is 0.429. The zero-order valence-electron chi connectivity index (χ0n) is 11.5. The Bertz CT molecular complexity index is 511. The maximum atomic E-state index is 11.8. The summed E-state index contributed by atoms with van der Waals surface area (Å²) in [7, 11) is 3.23. The smallest absolute Gasteiger partial charge is 0.244 e. The Balaban J connectivity index is 2.19. The molecule has 0 fully saturated rings. The number of hydrogen-bond acceptors (Lipinski definition) is 4. The number of nitrogens with zero attached hydrogens (tertiary/aromatic N) is 2. The first-order chi connectivity index (χ1) is 9.13. The van der Waals surface area contributed by atoms with Gasteiger partial charge in [0.05, 0.1) is 20.8 Å². The van der Waals surface area contributed by atoms with Gasteiger partial charge in [0.25, 0.3) is 0 Å². The van der Waals surface area contributed by atoms with E-state index in [1.807, 2.05) is 25.1 Å². The Morgan fingerprint density at radius 3 is 2.79 bits per heavy atom. The van der Waals surface area contributed by atoms with Crippen molar-refractivity contribution in [1.29, 1.82) is 0 Å². The van der Waals surface area contributed by atoms with Gasteiger partial charge in [-0.3, -0.25) is 9.79 Å². The average Bonchev–Trinajstić information content (AvgIpc) is 2.43. The van der Waals surface area contributed by atoms with Crippen LogP contribution in [0.2, 0.25) is 0 Å². The monoisotopic (exact) mass is 262 g/mol. The maximum absolute atomic E-state index is 11.8. The van der Waals surface area contributed by atoms with E-state index in [2.05, 4.69) is 4.99 Å². The maximum Gasteiger partial charge on any atom is 0.244 e. The van der Waals surface area contributed by atoms with Crippen molar-refractivity contribution in [3.63, 3.8) is 0 Å². The zero-order valence-corrected chi connectivity index (χ0v) is 11.5. The summed E-state index contributed by atoms with van der Waals surface area (Å²) in [6.45, 7) is 3.28. The quantitative estimate of drug-likeness (QED) is 0.826. The van der Waals surface area contributed by atoms with E-state index in [0.29, 0.717) is 13.1 Å². The molecule has 0 N–H and O–H groups in total. The van der Waals surface area contributed by atoms with Gasteiger partial charge >= 0.3 is 0 Å². The predicted octanol–water partition coefficient (Wildman–Crippen LogP) is 1.51. The lowest BCUT2D eigenvalue weighted by Gasteiger charge is -2.26. The first kappa shape index (κ1) is 13.4. The Morgan fingerprint density at radius 1 is 1.32 bits per heavy atom. The van der Waals surface area contributed by atoms with Crippen molar-refractivity contribution in [2.24, 2.45) is 4.99 Å². The molecule has 0 saturated carbocycles. The van der Waals surface area contributed by atoms with Crippen molar-refractivity contribution < 1.29 is 14.3 Å². The molecule has 2 rings (SSSR count). The Morgan fingerprint density at radius 2 is 2.11 bits per heavy atom. The van der Waals surface area contributed by atoms with E-state index in [-0.39, 0.29) is 12.5 Å². The van der Waals surface area contributed by atoms with Crippen molar-refractivity contribution in [3.8, 4) is 11.5 Å².